The van der Waals surface area contributed by atoms with Gasteiger partial charge >= 0.3 is 0 Å². The number of nitrogens with one attached hydrogen (secondary N) is 2. The Bertz CT molecular complexity index is 728. The summed E-state index contributed by atoms with van der Waals surface area (Å²) in [6, 6.07) is 13.7. The van der Waals surface area contributed by atoms with Crippen molar-refractivity contribution >= 4 is 11.8 Å². The van der Waals surface area contributed by atoms with Crippen molar-refractivity contribution in [2.75, 3.05) is 27.2 Å². The first-order chi connectivity index (χ1) is 12.5. The van der Waals surface area contributed by atoms with Gasteiger partial charge in [0.25, 0.3) is 0 Å². The second kappa shape index (κ2) is 8.19. The molecule has 2 aromatic rings. The first kappa shape index (κ1) is 18.2. The number of hydrogen-bond acceptors (Lipinski definition) is 3. The third-order valence-corrected chi connectivity index (χ3v) is 4.87. The lowest BCUT2D eigenvalue weighted by molar-refractivity contribution is -0.891. The summed E-state index contributed by atoms with van der Waals surface area (Å²) in [6.45, 7) is 1.51. The summed E-state index contributed by atoms with van der Waals surface area (Å²) in [5.74, 6) is 0.528. The van der Waals surface area contributed by atoms with E-state index in [1.54, 1.807) is 11.2 Å². The van der Waals surface area contributed by atoms with Gasteiger partial charge in [-0.2, -0.15) is 0 Å². The van der Waals surface area contributed by atoms with Crippen molar-refractivity contribution in [3.05, 3.63) is 60.1 Å². The number of rotatable bonds is 7. The van der Waals surface area contributed by atoms with Gasteiger partial charge in [-0.15, -0.1) is 0 Å². The second-order valence-corrected chi connectivity index (χ2v) is 7.05. The minimum atomic E-state index is -0.291. The molecule has 138 valence electrons. The molecule has 26 heavy (non-hydrogen) atoms. The Kier molecular flexibility index (Phi) is 5.73. The van der Waals surface area contributed by atoms with Crippen LogP contribution in [0.4, 0.5) is 0 Å². The molecule has 2 heterocycles. The Balaban J connectivity index is 1.54. The second-order valence-electron chi connectivity index (χ2n) is 7.05. The molecule has 2 N–H and O–H groups in total. The quantitative estimate of drug-likeness (QED) is 0.765. The van der Waals surface area contributed by atoms with Crippen LogP contribution in [-0.2, 0) is 16.1 Å². The van der Waals surface area contributed by atoms with Crippen molar-refractivity contribution in [3.8, 4) is 0 Å². The molecule has 0 unspecified atom stereocenters. The molecule has 2 amide bonds. The molecule has 6 heteroatoms. The fourth-order valence-electron chi connectivity index (χ4n) is 3.33. The smallest absolute Gasteiger partial charge is 0.225 e. The van der Waals surface area contributed by atoms with Crippen molar-refractivity contribution in [3.63, 3.8) is 0 Å². The number of hydrogen-bond donors (Lipinski definition) is 2. The van der Waals surface area contributed by atoms with Gasteiger partial charge < -0.3 is 19.5 Å². The Morgan fingerprint density at radius 1 is 1.27 bits per heavy atom. The summed E-state index contributed by atoms with van der Waals surface area (Å²) < 4.78 is 5.48. The van der Waals surface area contributed by atoms with E-state index in [0.717, 1.165) is 11.3 Å². The van der Waals surface area contributed by atoms with Crippen molar-refractivity contribution < 1.29 is 18.9 Å². The third-order valence-electron chi connectivity index (χ3n) is 4.87. The van der Waals surface area contributed by atoms with E-state index in [0.29, 0.717) is 19.6 Å². The number of amides is 2. The molecular weight excluding hydrogens is 330 g/mol. The van der Waals surface area contributed by atoms with Crippen LogP contribution < -0.4 is 10.2 Å². The van der Waals surface area contributed by atoms with Crippen LogP contribution in [0.15, 0.2) is 53.1 Å². The van der Waals surface area contributed by atoms with Crippen LogP contribution in [0.25, 0.3) is 0 Å². The van der Waals surface area contributed by atoms with Crippen LogP contribution in [0.3, 0.4) is 0 Å². The van der Waals surface area contributed by atoms with Gasteiger partial charge in [0.1, 0.15) is 0 Å². The van der Waals surface area contributed by atoms with Gasteiger partial charge in [-0.05, 0) is 17.7 Å². The van der Waals surface area contributed by atoms with Crippen LogP contribution in [0.1, 0.15) is 23.8 Å². The predicted octanol–water partition coefficient (Wildman–Crippen LogP) is 0.630. The monoisotopic (exact) mass is 356 g/mol. The van der Waals surface area contributed by atoms with Crippen LogP contribution in [0.2, 0.25) is 0 Å². The van der Waals surface area contributed by atoms with E-state index in [9.17, 15) is 9.59 Å². The molecule has 3 rings (SSSR count). The van der Waals surface area contributed by atoms with Gasteiger partial charge in [0.2, 0.25) is 11.8 Å². The van der Waals surface area contributed by atoms with Gasteiger partial charge in [-0.1, -0.05) is 30.3 Å². The standard InChI is InChI=1S/C20H25N3O3/c1-22(2)17(18-9-6-10-26-18)12-21-20(25)16-11-19(24)23(14-16)13-15-7-4-3-5-8-15/h3-10,16-17H,11-14H2,1-2H3,(H,21,25)/p+1/t16-,17-/m0/s1. The molecule has 1 aromatic carbocycles. The third kappa shape index (κ3) is 4.32. The summed E-state index contributed by atoms with van der Waals surface area (Å²) in [6.07, 6.45) is 1.92. The maximum atomic E-state index is 12.6. The van der Waals surface area contributed by atoms with Crippen molar-refractivity contribution in [2.45, 2.75) is 19.0 Å². The van der Waals surface area contributed by atoms with Gasteiger partial charge in [0, 0.05) is 19.5 Å². The summed E-state index contributed by atoms with van der Waals surface area (Å²) in [5.41, 5.74) is 1.08. The van der Waals surface area contributed by atoms with Crippen LogP contribution in [0.5, 0.6) is 0 Å². The van der Waals surface area contributed by atoms with Crippen LogP contribution >= 0.6 is 0 Å². The Morgan fingerprint density at radius 2 is 2.04 bits per heavy atom. The zero-order valence-electron chi connectivity index (χ0n) is 15.3. The Morgan fingerprint density at radius 3 is 2.69 bits per heavy atom. The molecular formula is C20H26N3O3+. The number of carbonyl (C=O) groups is 2. The molecule has 0 aliphatic carbocycles. The van der Waals surface area contributed by atoms with E-state index in [1.165, 1.54) is 4.90 Å². The fraction of sp³-hybridized carbons (Fsp3) is 0.400. The van der Waals surface area contributed by atoms with Crippen molar-refractivity contribution in [2.24, 2.45) is 5.92 Å². The summed E-state index contributed by atoms with van der Waals surface area (Å²) >= 11 is 0. The average Bonchev–Trinajstić information content (AvgIpc) is 3.26. The maximum Gasteiger partial charge on any atom is 0.225 e. The highest BCUT2D eigenvalue weighted by Crippen LogP contribution is 2.20. The molecule has 2 atom stereocenters. The molecule has 1 fully saturated rings. The van der Waals surface area contributed by atoms with Crippen LogP contribution in [-0.4, -0.2) is 43.9 Å². The summed E-state index contributed by atoms with van der Waals surface area (Å²) in [5, 5.41) is 3.00. The van der Waals surface area contributed by atoms with E-state index in [4.69, 9.17) is 4.42 Å². The Hall–Kier alpha value is -2.60. The van der Waals surface area contributed by atoms with Crippen molar-refractivity contribution in [1.82, 2.24) is 10.2 Å². The summed E-state index contributed by atoms with van der Waals surface area (Å²) in [4.78, 5) is 27.7. The lowest BCUT2D eigenvalue weighted by atomic mass is 10.1. The molecule has 0 spiro atoms. The number of furan rings is 1. The highest BCUT2D eigenvalue weighted by atomic mass is 16.3. The number of likely N-dealkylation sites (tertiary alicyclic amines) is 1. The number of likely N-dealkylation sites (N-methyl/N-ethyl adjacent to an activating group) is 1. The van der Waals surface area contributed by atoms with E-state index in [1.807, 2.05) is 56.6 Å². The zero-order chi connectivity index (χ0) is 18.5. The highest BCUT2D eigenvalue weighted by Gasteiger charge is 2.34. The van der Waals surface area contributed by atoms with Crippen molar-refractivity contribution in [1.29, 1.82) is 0 Å². The average molecular weight is 356 g/mol. The van der Waals surface area contributed by atoms with E-state index in [2.05, 4.69) is 5.32 Å². The first-order valence-corrected chi connectivity index (χ1v) is 8.97. The molecule has 1 aliphatic rings. The zero-order valence-corrected chi connectivity index (χ0v) is 15.3. The number of nitrogens with zero attached hydrogens (tertiary/aromatic N) is 1. The largest absolute Gasteiger partial charge is 0.463 e. The minimum absolute atomic E-state index is 0.0369. The molecule has 6 nitrogen and oxygen atoms in total. The van der Waals surface area contributed by atoms with Gasteiger partial charge in [0.15, 0.2) is 11.8 Å². The highest BCUT2D eigenvalue weighted by molar-refractivity contribution is 5.89. The maximum absolute atomic E-state index is 12.6. The van der Waals surface area contributed by atoms with Gasteiger partial charge in [-0.3, -0.25) is 9.59 Å². The Labute approximate surface area is 153 Å². The van der Waals surface area contributed by atoms with Gasteiger partial charge in [0.05, 0.1) is 32.8 Å². The van der Waals surface area contributed by atoms with Gasteiger partial charge in [-0.25, -0.2) is 0 Å². The minimum Gasteiger partial charge on any atom is -0.463 e. The molecule has 1 aliphatic heterocycles. The lowest BCUT2D eigenvalue weighted by Gasteiger charge is -2.21. The lowest BCUT2D eigenvalue weighted by Crippen LogP contribution is -3.07. The predicted molar refractivity (Wildman–Crippen MR) is 97.2 cm³/mol. The number of carbonyl (C=O) groups excluding carboxylic acids is 2. The molecule has 0 saturated carbocycles. The first-order valence-electron chi connectivity index (χ1n) is 8.97. The van der Waals surface area contributed by atoms with Crippen LogP contribution in [0, 0.1) is 5.92 Å². The fourth-order valence-corrected chi connectivity index (χ4v) is 3.33. The topological polar surface area (TPSA) is 67.0 Å². The van der Waals surface area contributed by atoms with E-state index >= 15 is 0 Å². The van der Waals surface area contributed by atoms with E-state index in [-0.39, 0.29) is 30.2 Å². The normalized spacial score (nSPS) is 18.3. The van der Waals surface area contributed by atoms with E-state index < -0.39 is 0 Å². The number of benzene rings is 1. The molecule has 1 aromatic heterocycles. The summed E-state index contributed by atoms with van der Waals surface area (Å²) in [7, 11) is 4.06. The molecule has 0 bridgehead atoms. The number of quaternary nitrogens is 1. The molecule has 1 saturated heterocycles. The molecule has 0 radical (unpaired) electrons. The SMILES string of the molecule is C[NH+](C)[C@@H](CNC(=O)[C@H]1CC(=O)N(Cc2ccccc2)C1)c1ccco1.